The zero-order chi connectivity index (χ0) is 14.4. The summed E-state index contributed by atoms with van der Waals surface area (Å²) in [5.41, 5.74) is 0.498. The number of imidazole rings is 1. The summed E-state index contributed by atoms with van der Waals surface area (Å²) in [5, 5.41) is 2.73. The molecule has 0 aliphatic rings. The third-order valence-corrected chi connectivity index (χ3v) is 3.13. The van der Waals surface area contributed by atoms with Gasteiger partial charge in [-0.3, -0.25) is 4.79 Å². The third kappa shape index (κ3) is 3.66. The molecule has 1 aromatic heterocycles. The molecule has 106 valence electrons. The van der Waals surface area contributed by atoms with Crippen molar-refractivity contribution in [3.63, 3.8) is 0 Å². The molecule has 0 unspecified atom stereocenters. The minimum atomic E-state index is -0.296. The van der Waals surface area contributed by atoms with Gasteiger partial charge in [-0.15, -0.1) is 0 Å². The molecule has 1 amide bonds. The molecule has 0 radical (unpaired) electrons. The summed E-state index contributed by atoms with van der Waals surface area (Å²) in [6.07, 6.45) is 4.79. The number of carbonyl (C=O) groups excluding carboxylic acids is 1. The summed E-state index contributed by atoms with van der Waals surface area (Å²) < 4.78 is 15.3. The number of carbonyl (C=O) groups is 1. The first-order valence-corrected chi connectivity index (χ1v) is 6.70. The highest BCUT2D eigenvalue weighted by Crippen LogP contribution is 2.06. The van der Waals surface area contributed by atoms with Crippen molar-refractivity contribution >= 4 is 5.91 Å². The summed E-state index contributed by atoms with van der Waals surface area (Å²) >= 11 is 0. The summed E-state index contributed by atoms with van der Waals surface area (Å²) in [7, 11) is 0. The highest BCUT2D eigenvalue weighted by Gasteiger charge is 2.06. The number of benzene rings is 1. The first-order chi connectivity index (χ1) is 9.70. The first-order valence-electron chi connectivity index (χ1n) is 6.70. The van der Waals surface area contributed by atoms with Crippen LogP contribution in [0.1, 0.15) is 24.7 Å². The second kappa shape index (κ2) is 6.84. The lowest BCUT2D eigenvalue weighted by Crippen LogP contribution is -2.24. The quantitative estimate of drug-likeness (QED) is 0.879. The van der Waals surface area contributed by atoms with Crippen LogP contribution < -0.4 is 5.32 Å². The zero-order valence-corrected chi connectivity index (χ0v) is 11.5. The Hall–Kier alpha value is -2.17. The van der Waals surface area contributed by atoms with E-state index >= 15 is 0 Å². The molecule has 1 heterocycles. The van der Waals surface area contributed by atoms with E-state index in [1.54, 1.807) is 24.4 Å². The molecule has 0 saturated heterocycles. The van der Waals surface area contributed by atoms with Gasteiger partial charge in [-0.05, 0) is 6.07 Å². The van der Waals surface area contributed by atoms with E-state index in [1.807, 2.05) is 17.7 Å². The average molecular weight is 275 g/mol. The molecule has 0 fully saturated rings. The Labute approximate surface area is 117 Å². The van der Waals surface area contributed by atoms with E-state index in [2.05, 4.69) is 10.3 Å². The summed E-state index contributed by atoms with van der Waals surface area (Å²) in [6, 6.07) is 6.44. The maximum atomic E-state index is 13.4. The molecule has 1 aromatic carbocycles. The van der Waals surface area contributed by atoms with Crippen LogP contribution in [0.15, 0.2) is 36.7 Å². The van der Waals surface area contributed by atoms with Gasteiger partial charge in [0.25, 0.3) is 0 Å². The molecule has 0 spiro atoms. The van der Waals surface area contributed by atoms with Gasteiger partial charge in [0, 0.05) is 43.9 Å². The molecule has 0 atom stereocenters. The number of aromatic nitrogens is 2. The van der Waals surface area contributed by atoms with Crippen molar-refractivity contribution in [2.45, 2.75) is 32.9 Å². The molecule has 2 aromatic rings. The monoisotopic (exact) mass is 275 g/mol. The Bertz CT molecular complexity index is 580. The van der Waals surface area contributed by atoms with E-state index in [9.17, 15) is 9.18 Å². The normalized spacial score (nSPS) is 10.5. The van der Waals surface area contributed by atoms with Crippen LogP contribution in [-0.4, -0.2) is 15.5 Å². The Balaban J connectivity index is 1.80. The summed E-state index contributed by atoms with van der Waals surface area (Å²) in [5.74, 6) is 0.576. The summed E-state index contributed by atoms with van der Waals surface area (Å²) in [6.45, 7) is 2.83. The fourth-order valence-electron chi connectivity index (χ4n) is 2.00. The van der Waals surface area contributed by atoms with Gasteiger partial charge in [0.1, 0.15) is 11.6 Å². The third-order valence-electron chi connectivity index (χ3n) is 3.13. The standard InChI is InChI=1S/C15H18FN3O/c1-2-14-17-8-10-19(14)9-7-15(20)18-11-12-5-3-4-6-13(12)16/h3-6,8,10H,2,7,9,11H2,1H3,(H,18,20). The lowest BCUT2D eigenvalue weighted by Gasteiger charge is -2.08. The zero-order valence-electron chi connectivity index (χ0n) is 11.5. The fraction of sp³-hybridized carbons (Fsp3) is 0.333. The number of aryl methyl sites for hydroxylation is 2. The van der Waals surface area contributed by atoms with Crippen molar-refractivity contribution in [3.05, 3.63) is 53.9 Å². The molecule has 4 nitrogen and oxygen atoms in total. The Kier molecular flexibility index (Phi) is 4.87. The number of hydrogen-bond acceptors (Lipinski definition) is 2. The van der Waals surface area contributed by atoms with E-state index in [0.29, 0.717) is 18.5 Å². The fourth-order valence-corrected chi connectivity index (χ4v) is 2.00. The molecule has 5 heteroatoms. The van der Waals surface area contributed by atoms with Crippen molar-refractivity contribution < 1.29 is 9.18 Å². The molecule has 0 saturated carbocycles. The maximum Gasteiger partial charge on any atom is 0.222 e. The Morgan fingerprint density at radius 3 is 2.95 bits per heavy atom. The second-order valence-corrected chi connectivity index (χ2v) is 4.51. The Morgan fingerprint density at radius 2 is 2.20 bits per heavy atom. The maximum absolute atomic E-state index is 13.4. The molecule has 1 N–H and O–H groups in total. The van der Waals surface area contributed by atoms with Gasteiger partial charge in [-0.1, -0.05) is 25.1 Å². The number of rotatable bonds is 6. The number of halogens is 1. The largest absolute Gasteiger partial charge is 0.352 e. The summed E-state index contributed by atoms with van der Waals surface area (Å²) in [4.78, 5) is 16.0. The number of nitrogens with zero attached hydrogens (tertiary/aromatic N) is 2. The van der Waals surface area contributed by atoms with E-state index in [-0.39, 0.29) is 18.3 Å². The van der Waals surface area contributed by atoms with Crippen LogP contribution in [0.2, 0.25) is 0 Å². The number of amides is 1. The van der Waals surface area contributed by atoms with Crippen molar-refractivity contribution in [1.29, 1.82) is 0 Å². The predicted octanol–water partition coefficient (Wildman–Crippen LogP) is 2.29. The molecule has 2 rings (SSSR count). The van der Waals surface area contributed by atoms with Crippen LogP contribution in [0, 0.1) is 5.82 Å². The van der Waals surface area contributed by atoms with Crippen LogP contribution in [0.4, 0.5) is 4.39 Å². The van der Waals surface area contributed by atoms with Crippen molar-refractivity contribution in [2.75, 3.05) is 0 Å². The van der Waals surface area contributed by atoms with Crippen molar-refractivity contribution in [2.24, 2.45) is 0 Å². The van der Waals surface area contributed by atoms with Gasteiger partial charge < -0.3 is 9.88 Å². The van der Waals surface area contributed by atoms with Gasteiger partial charge in [0.2, 0.25) is 5.91 Å². The Morgan fingerprint density at radius 1 is 1.40 bits per heavy atom. The average Bonchev–Trinajstić information content (AvgIpc) is 2.91. The molecule has 0 aliphatic carbocycles. The van der Waals surface area contributed by atoms with Gasteiger partial charge >= 0.3 is 0 Å². The van der Waals surface area contributed by atoms with E-state index in [4.69, 9.17) is 0 Å². The van der Waals surface area contributed by atoms with Crippen molar-refractivity contribution in [1.82, 2.24) is 14.9 Å². The van der Waals surface area contributed by atoms with Crippen LogP contribution in [-0.2, 0) is 24.3 Å². The lowest BCUT2D eigenvalue weighted by molar-refractivity contribution is -0.121. The number of nitrogens with one attached hydrogen (secondary N) is 1. The topological polar surface area (TPSA) is 46.9 Å². The van der Waals surface area contributed by atoms with Crippen LogP contribution >= 0.6 is 0 Å². The van der Waals surface area contributed by atoms with E-state index < -0.39 is 0 Å². The molecule has 20 heavy (non-hydrogen) atoms. The highest BCUT2D eigenvalue weighted by atomic mass is 19.1. The van der Waals surface area contributed by atoms with E-state index in [1.165, 1.54) is 6.07 Å². The van der Waals surface area contributed by atoms with Gasteiger partial charge in [0.15, 0.2) is 0 Å². The highest BCUT2D eigenvalue weighted by molar-refractivity contribution is 5.75. The number of hydrogen-bond donors (Lipinski definition) is 1. The minimum absolute atomic E-state index is 0.0935. The van der Waals surface area contributed by atoms with Crippen molar-refractivity contribution in [3.8, 4) is 0 Å². The predicted molar refractivity (Wildman–Crippen MR) is 74.5 cm³/mol. The lowest BCUT2D eigenvalue weighted by atomic mass is 10.2. The first kappa shape index (κ1) is 14.2. The minimum Gasteiger partial charge on any atom is -0.352 e. The second-order valence-electron chi connectivity index (χ2n) is 4.51. The van der Waals surface area contributed by atoms with Crippen LogP contribution in [0.3, 0.4) is 0 Å². The van der Waals surface area contributed by atoms with Crippen LogP contribution in [0.5, 0.6) is 0 Å². The van der Waals surface area contributed by atoms with E-state index in [0.717, 1.165) is 12.2 Å². The van der Waals surface area contributed by atoms with Gasteiger partial charge in [-0.25, -0.2) is 9.37 Å². The molecule has 0 bridgehead atoms. The van der Waals surface area contributed by atoms with Gasteiger partial charge in [0.05, 0.1) is 0 Å². The molecular weight excluding hydrogens is 257 g/mol. The SMILES string of the molecule is CCc1nccn1CCC(=O)NCc1ccccc1F. The van der Waals surface area contributed by atoms with Crippen LogP contribution in [0.25, 0.3) is 0 Å². The molecule has 0 aliphatic heterocycles. The smallest absolute Gasteiger partial charge is 0.222 e. The molecular formula is C15H18FN3O. The van der Waals surface area contributed by atoms with Gasteiger partial charge in [-0.2, -0.15) is 0 Å².